The summed E-state index contributed by atoms with van der Waals surface area (Å²) >= 11 is 0. The molecule has 7 nitrogen and oxygen atoms in total. The van der Waals surface area contributed by atoms with Crippen LogP contribution in [0.4, 0.5) is 10.5 Å². The standard InChI is InChI=1S/C19H21N5O2/c1-3-14(20-19(26)21-15-8-6-7-13(2)11-15)12-24-18(25)16-9-4-5-10-17(16)22-23-24/h4-11,14H,3,12H2,1-2H3,(H2,20,21,26)/t14-/m0/s1. The fourth-order valence-electron chi connectivity index (χ4n) is 2.70. The summed E-state index contributed by atoms with van der Waals surface area (Å²) in [7, 11) is 0. The number of nitrogens with one attached hydrogen (secondary N) is 2. The molecule has 7 heteroatoms. The number of anilines is 1. The Labute approximate surface area is 151 Å². The molecule has 2 aromatic carbocycles. The van der Waals surface area contributed by atoms with Crippen LogP contribution in [-0.4, -0.2) is 27.1 Å². The summed E-state index contributed by atoms with van der Waals surface area (Å²) in [4.78, 5) is 24.8. The van der Waals surface area contributed by atoms with Gasteiger partial charge in [0.05, 0.1) is 18.0 Å². The van der Waals surface area contributed by atoms with Crippen LogP contribution in [0.3, 0.4) is 0 Å². The Morgan fingerprint density at radius 2 is 2.00 bits per heavy atom. The summed E-state index contributed by atoms with van der Waals surface area (Å²) < 4.78 is 1.30. The van der Waals surface area contributed by atoms with E-state index in [0.29, 0.717) is 17.3 Å². The molecule has 26 heavy (non-hydrogen) atoms. The van der Waals surface area contributed by atoms with E-state index in [4.69, 9.17) is 0 Å². The number of aryl methyl sites for hydroxylation is 1. The summed E-state index contributed by atoms with van der Waals surface area (Å²) in [6.07, 6.45) is 0.655. The van der Waals surface area contributed by atoms with Crippen LogP contribution >= 0.6 is 0 Å². The van der Waals surface area contributed by atoms with Crippen molar-refractivity contribution in [3.63, 3.8) is 0 Å². The Balaban J connectivity index is 1.70. The predicted octanol–water partition coefficient (Wildman–Crippen LogP) is 2.70. The molecule has 1 aromatic heterocycles. The lowest BCUT2D eigenvalue weighted by Crippen LogP contribution is -2.42. The van der Waals surface area contributed by atoms with Gasteiger partial charge in [-0.3, -0.25) is 4.79 Å². The average Bonchev–Trinajstić information content (AvgIpc) is 2.63. The fourth-order valence-corrected chi connectivity index (χ4v) is 2.70. The molecule has 1 heterocycles. The number of rotatable bonds is 5. The number of benzene rings is 2. The maximum atomic E-state index is 12.5. The number of carbonyl (C=O) groups is 1. The smallest absolute Gasteiger partial charge is 0.319 e. The van der Waals surface area contributed by atoms with Gasteiger partial charge in [0, 0.05) is 5.69 Å². The lowest BCUT2D eigenvalue weighted by molar-refractivity contribution is 0.245. The number of nitrogens with zero attached hydrogens (tertiary/aromatic N) is 3. The minimum absolute atomic E-state index is 0.213. The zero-order chi connectivity index (χ0) is 18.5. The molecule has 3 aromatic rings. The first-order chi connectivity index (χ1) is 12.6. The summed E-state index contributed by atoms with van der Waals surface area (Å²) in [6.45, 7) is 4.16. The summed E-state index contributed by atoms with van der Waals surface area (Å²) in [5, 5.41) is 14.3. The second-order valence-corrected chi connectivity index (χ2v) is 6.17. The van der Waals surface area contributed by atoms with E-state index in [-0.39, 0.29) is 24.2 Å². The SMILES string of the molecule is CC[C@@H](Cn1nnc2ccccc2c1=O)NC(=O)Nc1cccc(C)c1. The number of carbonyl (C=O) groups excluding carboxylic acids is 1. The van der Waals surface area contributed by atoms with E-state index in [1.807, 2.05) is 44.2 Å². The number of fused-ring (bicyclic) bond motifs is 1. The molecular weight excluding hydrogens is 330 g/mol. The third-order valence-corrected chi connectivity index (χ3v) is 4.13. The molecule has 134 valence electrons. The van der Waals surface area contributed by atoms with Crippen LogP contribution in [0.5, 0.6) is 0 Å². The van der Waals surface area contributed by atoms with Crippen molar-refractivity contribution >= 4 is 22.6 Å². The third-order valence-electron chi connectivity index (χ3n) is 4.13. The molecule has 2 amide bonds. The Morgan fingerprint density at radius 3 is 2.77 bits per heavy atom. The molecule has 0 fully saturated rings. The average molecular weight is 351 g/mol. The van der Waals surface area contributed by atoms with Gasteiger partial charge >= 0.3 is 6.03 Å². The van der Waals surface area contributed by atoms with Crippen molar-refractivity contribution < 1.29 is 4.79 Å². The van der Waals surface area contributed by atoms with Crippen molar-refractivity contribution in [3.05, 3.63) is 64.4 Å². The van der Waals surface area contributed by atoms with Crippen LogP contribution in [0, 0.1) is 6.92 Å². The number of hydrogen-bond acceptors (Lipinski definition) is 4. The van der Waals surface area contributed by atoms with Gasteiger partial charge in [-0.15, -0.1) is 5.10 Å². The highest BCUT2D eigenvalue weighted by Gasteiger charge is 2.14. The normalized spacial score (nSPS) is 11.9. The lowest BCUT2D eigenvalue weighted by Gasteiger charge is -2.18. The first-order valence-electron chi connectivity index (χ1n) is 8.53. The maximum absolute atomic E-state index is 12.5. The van der Waals surface area contributed by atoms with E-state index in [1.165, 1.54) is 4.68 Å². The summed E-state index contributed by atoms with van der Waals surface area (Å²) in [5.41, 5.74) is 2.13. The molecule has 0 saturated heterocycles. The molecule has 0 aliphatic rings. The number of aromatic nitrogens is 3. The Morgan fingerprint density at radius 1 is 1.19 bits per heavy atom. The Kier molecular flexibility index (Phi) is 5.26. The van der Waals surface area contributed by atoms with E-state index in [2.05, 4.69) is 20.9 Å². The van der Waals surface area contributed by atoms with E-state index >= 15 is 0 Å². The van der Waals surface area contributed by atoms with Crippen molar-refractivity contribution in [2.24, 2.45) is 0 Å². The summed E-state index contributed by atoms with van der Waals surface area (Å²) in [6, 6.07) is 14.1. The highest BCUT2D eigenvalue weighted by molar-refractivity contribution is 5.89. The van der Waals surface area contributed by atoms with Crippen LogP contribution < -0.4 is 16.2 Å². The van der Waals surface area contributed by atoms with Crippen LogP contribution in [0.1, 0.15) is 18.9 Å². The molecule has 3 rings (SSSR count). The van der Waals surface area contributed by atoms with Gasteiger partial charge in [-0.05, 0) is 43.2 Å². The topological polar surface area (TPSA) is 88.9 Å². The molecule has 0 saturated carbocycles. The summed E-state index contributed by atoms with van der Waals surface area (Å²) in [5.74, 6) is 0. The van der Waals surface area contributed by atoms with Crippen molar-refractivity contribution in [1.82, 2.24) is 20.3 Å². The predicted molar refractivity (Wildman–Crippen MR) is 101 cm³/mol. The highest BCUT2D eigenvalue weighted by atomic mass is 16.2. The zero-order valence-electron chi connectivity index (χ0n) is 14.8. The largest absolute Gasteiger partial charge is 0.333 e. The van der Waals surface area contributed by atoms with Gasteiger partial charge in [-0.1, -0.05) is 36.4 Å². The van der Waals surface area contributed by atoms with Crippen molar-refractivity contribution in [2.45, 2.75) is 32.9 Å². The molecule has 0 bridgehead atoms. The monoisotopic (exact) mass is 351 g/mol. The lowest BCUT2D eigenvalue weighted by atomic mass is 10.2. The first kappa shape index (κ1) is 17.6. The second-order valence-electron chi connectivity index (χ2n) is 6.17. The highest BCUT2D eigenvalue weighted by Crippen LogP contribution is 2.09. The molecule has 0 unspecified atom stereocenters. The van der Waals surface area contributed by atoms with Crippen LogP contribution in [0.2, 0.25) is 0 Å². The maximum Gasteiger partial charge on any atom is 0.319 e. The molecule has 2 N–H and O–H groups in total. The van der Waals surface area contributed by atoms with Gasteiger partial charge in [0.15, 0.2) is 0 Å². The molecule has 0 spiro atoms. The van der Waals surface area contributed by atoms with Gasteiger partial charge in [0.25, 0.3) is 5.56 Å². The van der Waals surface area contributed by atoms with Crippen LogP contribution in [0.25, 0.3) is 10.9 Å². The fraction of sp³-hybridized carbons (Fsp3) is 0.263. The van der Waals surface area contributed by atoms with Gasteiger partial charge < -0.3 is 10.6 Å². The first-order valence-corrected chi connectivity index (χ1v) is 8.53. The van der Waals surface area contributed by atoms with E-state index in [1.54, 1.807) is 18.2 Å². The Hall–Kier alpha value is -3.22. The van der Waals surface area contributed by atoms with Crippen molar-refractivity contribution in [3.8, 4) is 0 Å². The number of hydrogen-bond donors (Lipinski definition) is 2. The number of amides is 2. The van der Waals surface area contributed by atoms with E-state index in [9.17, 15) is 9.59 Å². The van der Waals surface area contributed by atoms with Crippen LogP contribution in [-0.2, 0) is 6.54 Å². The van der Waals surface area contributed by atoms with Crippen molar-refractivity contribution in [2.75, 3.05) is 5.32 Å². The van der Waals surface area contributed by atoms with Gasteiger partial charge in [-0.25, -0.2) is 9.48 Å². The minimum atomic E-state index is -0.316. The Bertz CT molecular complexity index is 983. The molecule has 1 atom stereocenters. The molecular formula is C19H21N5O2. The third kappa shape index (κ3) is 4.05. The molecule has 0 radical (unpaired) electrons. The second kappa shape index (κ2) is 7.77. The van der Waals surface area contributed by atoms with Gasteiger partial charge in [0.2, 0.25) is 0 Å². The minimum Gasteiger partial charge on any atom is -0.333 e. The number of urea groups is 1. The van der Waals surface area contributed by atoms with E-state index < -0.39 is 0 Å². The molecule has 0 aliphatic heterocycles. The van der Waals surface area contributed by atoms with Crippen molar-refractivity contribution in [1.29, 1.82) is 0 Å². The zero-order valence-corrected chi connectivity index (χ0v) is 14.8. The van der Waals surface area contributed by atoms with E-state index in [0.717, 1.165) is 11.3 Å². The van der Waals surface area contributed by atoms with Gasteiger partial charge in [-0.2, -0.15) is 0 Å². The quantitative estimate of drug-likeness (QED) is 0.740. The van der Waals surface area contributed by atoms with Gasteiger partial charge in [0.1, 0.15) is 5.52 Å². The molecule has 0 aliphatic carbocycles. The van der Waals surface area contributed by atoms with Crippen LogP contribution in [0.15, 0.2) is 53.3 Å².